The number of halogens is 2. The van der Waals surface area contributed by atoms with Crippen molar-refractivity contribution in [3.05, 3.63) is 27.6 Å². The molecule has 0 aliphatic heterocycles. The lowest BCUT2D eigenvalue weighted by Crippen LogP contribution is -2.52. The fourth-order valence-corrected chi connectivity index (χ4v) is 6.65. The summed E-state index contributed by atoms with van der Waals surface area (Å²) in [4.78, 5) is 23.4. The summed E-state index contributed by atoms with van der Waals surface area (Å²) in [5.41, 5.74) is 0.310. The molecule has 5 nitrogen and oxygen atoms in total. The molecule has 2 aromatic rings. The third-order valence-corrected chi connectivity index (χ3v) is 8.35. The molecule has 8 heteroatoms. The predicted molar refractivity (Wildman–Crippen MR) is 118 cm³/mol. The van der Waals surface area contributed by atoms with E-state index in [1.807, 2.05) is 13.0 Å². The second kappa shape index (κ2) is 8.19. The van der Waals surface area contributed by atoms with Gasteiger partial charge in [0.2, 0.25) is 0 Å². The Hall–Kier alpha value is -1.54. The summed E-state index contributed by atoms with van der Waals surface area (Å²) in [7, 11) is 0. The van der Waals surface area contributed by atoms with E-state index in [2.05, 4.69) is 37.3 Å². The Kier molecular flexibility index (Phi) is 5.56. The molecule has 4 saturated carbocycles. The molecule has 2 atom stereocenters. The van der Waals surface area contributed by atoms with Crippen molar-refractivity contribution in [3.63, 3.8) is 0 Å². The average molecular weight is 494 g/mol. The molecule has 0 radical (unpaired) electrons. The van der Waals surface area contributed by atoms with E-state index in [0.717, 1.165) is 30.6 Å². The number of ether oxygens (including phenoxy) is 1. The molecular weight excluding hydrogens is 469 g/mol. The van der Waals surface area contributed by atoms with E-state index in [9.17, 15) is 4.79 Å². The van der Waals surface area contributed by atoms with Gasteiger partial charge in [-0.1, -0.05) is 0 Å². The lowest BCUT2D eigenvalue weighted by atomic mass is 9.61. The standard InChI is InChI=1S/C22H25BrFN3O2S/c1-2-29-21(28)16-12-5-7-13(8-6-12)18(16)25-20-17(24)19(26-22(23)27-20)15-10-9-14(30-15)11-3-4-11/h9-13,16,18H,2-8H2,1H3,(H,25,26,27)/t12?,13?,16-,18-/m0/s1. The van der Waals surface area contributed by atoms with Crippen molar-refractivity contribution in [1.29, 1.82) is 0 Å². The molecule has 0 unspecified atom stereocenters. The van der Waals surface area contributed by atoms with Gasteiger partial charge in [0, 0.05) is 10.9 Å². The zero-order chi connectivity index (χ0) is 20.8. The first-order chi connectivity index (χ1) is 14.5. The van der Waals surface area contributed by atoms with Crippen molar-refractivity contribution >= 4 is 39.1 Å². The molecule has 2 aromatic heterocycles. The van der Waals surface area contributed by atoms with Crippen molar-refractivity contribution in [2.75, 3.05) is 11.9 Å². The van der Waals surface area contributed by atoms with Gasteiger partial charge < -0.3 is 10.1 Å². The van der Waals surface area contributed by atoms with Crippen LogP contribution in [0.5, 0.6) is 0 Å². The zero-order valence-electron chi connectivity index (χ0n) is 16.9. The number of anilines is 1. The summed E-state index contributed by atoms with van der Waals surface area (Å²) < 4.78 is 21.2. The quantitative estimate of drug-likeness (QED) is 0.409. The normalized spacial score (nSPS) is 27.8. The average Bonchev–Trinajstić information content (AvgIpc) is 3.48. The first-order valence-corrected chi connectivity index (χ1v) is 12.4. The minimum absolute atomic E-state index is 0.161. The van der Waals surface area contributed by atoms with Crippen molar-refractivity contribution in [1.82, 2.24) is 9.97 Å². The molecule has 30 heavy (non-hydrogen) atoms. The molecular formula is C22H25BrFN3O2S. The molecule has 1 N–H and O–H groups in total. The van der Waals surface area contributed by atoms with Crippen LogP contribution < -0.4 is 5.32 Å². The third-order valence-electron chi connectivity index (χ3n) is 6.75. The van der Waals surface area contributed by atoms with Crippen LogP contribution in [-0.4, -0.2) is 28.6 Å². The van der Waals surface area contributed by atoms with Gasteiger partial charge in [0.15, 0.2) is 16.4 Å². The van der Waals surface area contributed by atoms with Gasteiger partial charge in [-0.15, -0.1) is 11.3 Å². The van der Waals surface area contributed by atoms with Gasteiger partial charge in [0.25, 0.3) is 0 Å². The monoisotopic (exact) mass is 493 g/mol. The minimum Gasteiger partial charge on any atom is -0.466 e. The summed E-state index contributed by atoms with van der Waals surface area (Å²) in [5, 5.41) is 3.31. The number of carbonyl (C=O) groups is 1. The molecule has 0 aromatic carbocycles. The second-order valence-electron chi connectivity index (χ2n) is 8.60. The number of esters is 1. The van der Waals surface area contributed by atoms with Crippen LogP contribution in [0, 0.1) is 23.6 Å². The molecule has 0 spiro atoms. The predicted octanol–water partition coefficient (Wildman–Crippen LogP) is 5.76. The lowest BCUT2D eigenvalue weighted by molar-refractivity contribution is -0.154. The van der Waals surface area contributed by atoms with Gasteiger partial charge in [0.1, 0.15) is 5.69 Å². The highest BCUT2D eigenvalue weighted by Crippen LogP contribution is 2.48. The number of thiophene rings is 1. The van der Waals surface area contributed by atoms with Crippen LogP contribution in [0.1, 0.15) is 56.2 Å². The Labute approximate surface area is 188 Å². The molecule has 0 amide bonds. The van der Waals surface area contributed by atoms with E-state index < -0.39 is 5.82 Å². The first-order valence-electron chi connectivity index (χ1n) is 10.8. The largest absolute Gasteiger partial charge is 0.466 e. The third kappa shape index (κ3) is 3.77. The van der Waals surface area contributed by atoms with Gasteiger partial charge in [-0.2, -0.15) is 0 Å². The van der Waals surface area contributed by atoms with Gasteiger partial charge >= 0.3 is 5.97 Å². The van der Waals surface area contributed by atoms with Crippen LogP contribution in [0.2, 0.25) is 0 Å². The van der Waals surface area contributed by atoms with Crippen LogP contribution in [0.25, 0.3) is 10.6 Å². The topological polar surface area (TPSA) is 64.1 Å². The summed E-state index contributed by atoms with van der Waals surface area (Å²) in [6.45, 7) is 2.19. The number of nitrogens with one attached hydrogen (secondary N) is 1. The van der Waals surface area contributed by atoms with Crippen LogP contribution in [-0.2, 0) is 9.53 Å². The number of fused-ring (bicyclic) bond motifs is 3. The Morgan fingerprint density at radius 1 is 1.20 bits per heavy atom. The van der Waals surface area contributed by atoms with Crippen LogP contribution in [0.3, 0.4) is 0 Å². The molecule has 160 valence electrons. The number of hydrogen-bond acceptors (Lipinski definition) is 6. The Morgan fingerprint density at radius 2 is 1.93 bits per heavy atom. The molecule has 2 bridgehead atoms. The summed E-state index contributed by atoms with van der Waals surface area (Å²) >= 11 is 4.96. The van der Waals surface area contributed by atoms with Gasteiger partial charge in [-0.25, -0.2) is 14.4 Å². The molecule has 4 aliphatic rings. The molecule has 6 rings (SSSR count). The Morgan fingerprint density at radius 3 is 2.63 bits per heavy atom. The Balaban J connectivity index is 1.46. The van der Waals surface area contributed by atoms with Crippen molar-refractivity contribution in [2.45, 2.75) is 57.4 Å². The maximum atomic E-state index is 15.5. The fraction of sp³-hybridized carbons (Fsp3) is 0.591. The van der Waals surface area contributed by atoms with Gasteiger partial charge in [0.05, 0.1) is 17.4 Å². The van der Waals surface area contributed by atoms with E-state index in [1.54, 1.807) is 11.3 Å². The zero-order valence-corrected chi connectivity index (χ0v) is 19.3. The van der Waals surface area contributed by atoms with Crippen molar-refractivity contribution in [2.24, 2.45) is 17.8 Å². The second-order valence-corrected chi connectivity index (χ2v) is 10.4. The van der Waals surface area contributed by atoms with E-state index in [4.69, 9.17) is 4.74 Å². The SMILES string of the molecule is CCOC(=O)[C@H]1C2CCC(CC2)[C@@H]1Nc1nc(Br)nc(-c2ccc(C3CC3)s2)c1F. The highest BCUT2D eigenvalue weighted by atomic mass is 79.9. The molecule has 4 aliphatic carbocycles. The van der Waals surface area contributed by atoms with E-state index in [1.165, 1.54) is 17.7 Å². The highest BCUT2D eigenvalue weighted by molar-refractivity contribution is 9.10. The Bertz CT molecular complexity index is 956. The van der Waals surface area contributed by atoms with Crippen molar-refractivity contribution in [3.8, 4) is 10.6 Å². The number of aromatic nitrogens is 2. The smallest absolute Gasteiger partial charge is 0.311 e. The maximum absolute atomic E-state index is 15.5. The van der Waals surface area contributed by atoms with E-state index in [-0.39, 0.29) is 29.7 Å². The minimum atomic E-state index is -0.452. The van der Waals surface area contributed by atoms with Crippen LogP contribution in [0.15, 0.2) is 16.9 Å². The maximum Gasteiger partial charge on any atom is 0.311 e. The summed E-state index contributed by atoms with van der Waals surface area (Å²) in [5.74, 6) is 0.522. The highest BCUT2D eigenvalue weighted by Gasteiger charge is 2.48. The van der Waals surface area contributed by atoms with Crippen molar-refractivity contribution < 1.29 is 13.9 Å². The fourth-order valence-electron chi connectivity index (χ4n) is 5.14. The molecule has 0 saturated heterocycles. The summed E-state index contributed by atoms with van der Waals surface area (Å²) in [6, 6.07) is 3.87. The number of rotatable bonds is 6. The van der Waals surface area contributed by atoms with E-state index in [0.29, 0.717) is 28.9 Å². The van der Waals surface area contributed by atoms with Gasteiger partial charge in [-0.05, 0) is 91.3 Å². The first kappa shape index (κ1) is 20.4. The van der Waals surface area contributed by atoms with Gasteiger partial charge in [-0.3, -0.25) is 4.79 Å². The number of carbonyl (C=O) groups excluding carboxylic acids is 1. The lowest BCUT2D eigenvalue weighted by Gasteiger charge is -2.47. The molecule has 2 heterocycles. The van der Waals surface area contributed by atoms with E-state index >= 15 is 4.39 Å². The van der Waals surface area contributed by atoms with Crippen LogP contribution in [0.4, 0.5) is 10.2 Å². The number of hydrogen-bond donors (Lipinski definition) is 1. The summed E-state index contributed by atoms with van der Waals surface area (Å²) in [6.07, 6.45) is 6.59. The number of nitrogens with zero attached hydrogens (tertiary/aromatic N) is 2. The molecule has 4 fully saturated rings. The van der Waals surface area contributed by atoms with Crippen LogP contribution >= 0.6 is 27.3 Å².